The minimum absolute atomic E-state index is 0.00129. The van der Waals surface area contributed by atoms with Gasteiger partial charge in [0.25, 0.3) is 0 Å². The Morgan fingerprint density at radius 3 is 2.28 bits per heavy atom. The number of amides is 1. The molecule has 0 bridgehead atoms. The molecule has 5 saturated carbocycles. The minimum Gasteiger partial charge on any atom is -0.481 e. The molecule has 19 nitrogen and oxygen atoms in total. The average molecular weight is 1070 g/mol. The van der Waals surface area contributed by atoms with E-state index < -0.39 is 124 Å². The highest BCUT2D eigenvalue weighted by molar-refractivity contribution is 5.82. The van der Waals surface area contributed by atoms with Gasteiger partial charge < -0.3 is 76.5 Å². The van der Waals surface area contributed by atoms with Crippen molar-refractivity contribution in [3.8, 4) is 0 Å². The van der Waals surface area contributed by atoms with Crippen LogP contribution in [0.5, 0.6) is 0 Å². The van der Waals surface area contributed by atoms with Gasteiger partial charge in [-0.25, -0.2) is 9.97 Å². The molecule has 0 aromatic carbocycles. The summed E-state index contributed by atoms with van der Waals surface area (Å²) >= 11 is 0. The molecule has 14 N–H and O–H groups in total. The number of aliphatic hydroxyl groups excluding tert-OH is 8. The number of aliphatic carboxylic acids is 1. The summed E-state index contributed by atoms with van der Waals surface area (Å²) in [6, 6.07) is -0.609. The van der Waals surface area contributed by atoms with Crippen molar-refractivity contribution >= 4 is 11.9 Å². The van der Waals surface area contributed by atoms with E-state index in [1.807, 2.05) is 13.1 Å². The molecule has 76 heavy (non-hydrogen) atoms. The maximum Gasteiger partial charge on any atom is 0.310 e. The first-order valence-electron chi connectivity index (χ1n) is 28.6. The van der Waals surface area contributed by atoms with Gasteiger partial charge in [0, 0.05) is 47.8 Å². The number of ether oxygens (including phenoxy) is 2. The Morgan fingerprint density at radius 1 is 0.895 bits per heavy atom. The summed E-state index contributed by atoms with van der Waals surface area (Å²) in [6.07, 6.45) is 9.07. The highest BCUT2D eigenvalue weighted by Gasteiger charge is 2.77. The number of imidazole rings is 2. The van der Waals surface area contributed by atoms with Gasteiger partial charge in [0.15, 0.2) is 6.29 Å². The molecule has 2 aromatic heterocycles. The fourth-order valence-corrected chi connectivity index (χ4v) is 19.2. The van der Waals surface area contributed by atoms with E-state index in [-0.39, 0.29) is 61.6 Å². The monoisotopic (exact) mass is 1060 g/mol. The molecule has 1 amide bonds. The molecule has 2 aromatic rings. The summed E-state index contributed by atoms with van der Waals surface area (Å²) in [5.41, 5.74) is 4.05. The van der Waals surface area contributed by atoms with E-state index in [0.717, 1.165) is 49.1 Å². The van der Waals surface area contributed by atoms with Crippen LogP contribution in [-0.4, -0.2) is 153 Å². The Morgan fingerprint density at radius 2 is 1.63 bits per heavy atom. The van der Waals surface area contributed by atoms with Crippen molar-refractivity contribution in [1.82, 2.24) is 25.3 Å². The molecule has 0 radical (unpaired) electrons. The predicted octanol–water partition coefficient (Wildman–Crippen LogP) is 3.27. The van der Waals surface area contributed by atoms with Crippen molar-refractivity contribution < 1.29 is 65.0 Å². The number of allylic oxidation sites excluding steroid dienone is 2. The number of H-pyrrole nitrogens is 2. The summed E-state index contributed by atoms with van der Waals surface area (Å²) in [5.74, 6) is -4.78. The summed E-state index contributed by atoms with van der Waals surface area (Å²) in [4.78, 5) is 44.0. The lowest BCUT2D eigenvalue weighted by Gasteiger charge is -2.77. The zero-order valence-corrected chi connectivity index (χ0v) is 45.0. The number of hydrogen-bond donors (Lipinski definition) is 13. The predicted molar refractivity (Wildman–Crippen MR) is 276 cm³/mol. The number of rotatable bonds is 16. The quantitative estimate of drug-likeness (QED) is 0.0652. The van der Waals surface area contributed by atoms with Gasteiger partial charge in [0.2, 0.25) is 5.91 Å². The number of nitrogens with zero attached hydrogens (tertiary/aromatic N) is 2. The van der Waals surface area contributed by atoms with E-state index in [1.54, 1.807) is 18.9 Å². The van der Waals surface area contributed by atoms with Crippen molar-refractivity contribution in [3.05, 3.63) is 48.1 Å². The second-order valence-electron chi connectivity index (χ2n) is 26.4. The molecule has 10 rings (SSSR count). The number of carboxylic acid groups (broad SMARTS) is 1. The number of carbonyl (C=O) groups excluding carboxylic acids is 1. The number of aromatic nitrogens is 4. The van der Waals surface area contributed by atoms with E-state index in [4.69, 9.17) is 15.2 Å². The number of fused-ring (bicyclic) bond motifs is 7. The molecule has 4 heterocycles. The number of hydrogen-bond acceptors (Lipinski definition) is 15. The zero-order chi connectivity index (χ0) is 54.3. The number of aromatic amines is 2. The first-order chi connectivity index (χ1) is 36.2. The van der Waals surface area contributed by atoms with Crippen LogP contribution in [0.4, 0.5) is 0 Å². The molecule has 7 fully saturated rings. The number of carbonyl (C=O) groups is 2. The second kappa shape index (κ2) is 21.0. The normalized spacial score (nSPS) is 46.4. The van der Waals surface area contributed by atoms with Crippen molar-refractivity contribution in [3.63, 3.8) is 0 Å². The van der Waals surface area contributed by atoms with Crippen molar-refractivity contribution in [2.24, 2.45) is 85.6 Å². The lowest BCUT2D eigenvalue weighted by Crippen LogP contribution is -2.75. The second-order valence-corrected chi connectivity index (χ2v) is 26.4. The van der Waals surface area contributed by atoms with Gasteiger partial charge in [0.05, 0.1) is 56.0 Å². The minimum atomic E-state index is -1.68. The molecule has 424 valence electrons. The third-order valence-corrected chi connectivity index (χ3v) is 23.1. The smallest absolute Gasteiger partial charge is 0.310 e. The standard InChI is InChI=1S/C57H88N6O13/c1-52(26-65)16-17-56(51(73)74)20-31(18-32-22-59-28-61-32)55(4)36(38(56)21-52)11-12-42-54(55,3)15-14-41-53(2,27-66)48(76-50-47(71)46(70)40(67)25-75-50)45(69)37(57(41,42)30-8-6-5-7-9-30)19-34-35(24-64)49(72)63-44(34)33(10-13-43(58)68)39-23-60-29-62-39/h11,22-23,28-31,33-35,37-38,40-48,50,64-71H,5-10,12-21,24-27,58H2,1-4H3,(H,59,61)(H,60,62)(H,63,72)(H,73,74). The molecular formula is C57H88N6O13. The molecule has 22 unspecified atom stereocenters. The lowest BCUT2D eigenvalue weighted by atomic mass is 9.28. The van der Waals surface area contributed by atoms with Crippen LogP contribution in [0.3, 0.4) is 0 Å². The summed E-state index contributed by atoms with van der Waals surface area (Å²) in [6.45, 7) is 7.58. The fourth-order valence-electron chi connectivity index (χ4n) is 19.2. The summed E-state index contributed by atoms with van der Waals surface area (Å²) in [7, 11) is 0. The molecule has 19 heteroatoms. The van der Waals surface area contributed by atoms with E-state index in [9.17, 15) is 55.5 Å². The molecule has 2 aliphatic heterocycles. The molecule has 2 saturated heterocycles. The SMILES string of the molecule is CC1(CO)CCC2(C(=O)O)CC(Cc3cnc[nH]3)C3(C)C(=CCC4C5(C6CCCCC6)C(CC6C(CO)C(=O)NC6C(CCC(N)O)c6cnc[nH]6)C(O)C(OC6OCC(O)C(O)C6O)C(C)(CO)C5CCC43C)C2C1. The Labute approximate surface area is 446 Å². The van der Waals surface area contributed by atoms with Crippen LogP contribution in [0, 0.1) is 79.8 Å². The maximum absolute atomic E-state index is 14.4. The molecule has 6 aliphatic carbocycles. The van der Waals surface area contributed by atoms with Crippen molar-refractivity contribution in [2.45, 2.75) is 185 Å². The number of carboxylic acids is 1. The molecular weight excluding hydrogens is 977 g/mol. The highest BCUT2D eigenvalue weighted by atomic mass is 16.7. The molecule has 8 aliphatic rings. The average Bonchev–Trinajstić information content (AvgIpc) is 4.23. The zero-order valence-electron chi connectivity index (χ0n) is 45.0. The van der Waals surface area contributed by atoms with E-state index in [0.29, 0.717) is 57.8 Å². The van der Waals surface area contributed by atoms with E-state index in [2.05, 4.69) is 52.1 Å². The first-order valence-corrected chi connectivity index (χ1v) is 28.6. The first kappa shape index (κ1) is 56.0. The van der Waals surface area contributed by atoms with E-state index in [1.165, 1.54) is 0 Å². The maximum atomic E-state index is 14.4. The van der Waals surface area contributed by atoms with Gasteiger partial charge in [-0.15, -0.1) is 0 Å². The van der Waals surface area contributed by atoms with Crippen molar-refractivity contribution in [2.75, 3.05) is 26.4 Å². The van der Waals surface area contributed by atoms with E-state index >= 15 is 0 Å². The topological polar surface area (TPSA) is 330 Å². The molecule has 0 spiro atoms. The van der Waals surface area contributed by atoms with Gasteiger partial charge in [-0.05, 0) is 147 Å². The summed E-state index contributed by atoms with van der Waals surface area (Å²) < 4.78 is 12.8. The number of nitrogens with two attached hydrogens (primary N) is 1. The van der Waals surface area contributed by atoms with Crippen molar-refractivity contribution in [1.29, 1.82) is 0 Å². The highest BCUT2D eigenvalue weighted by Crippen LogP contribution is 2.80. The van der Waals surface area contributed by atoms with Crippen LogP contribution >= 0.6 is 0 Å². The Kier molecular flexibility index (Phi) is 15.4. The van der Waals surface area contributed by atoms with Crippen LogP contribution in [0.1, 0.15) is 141 Å². The molecule has 22 atom stereocenters. The van der Waals surface area contributed by atoms with Crippen LogP contribution in [0.2, 0.25) is 0 Å². The van der Waals surface area contributed by atoms with Gasteiger partial charge in [-0.3, -0.25) is 9.59 Å². The third-order valence-electron chi connectivity index (χ3n) is 23.1. The van der Waals surface area contributed by atoms with Gasteiger partial charge in [-0.2, -0.15) is 0 Å². The van der Waals surface area contributed by atoms with Crippen LogP contribution in [0.15, 0.2) is 36.7 Å². The Balaban J connectivity index is 1.20. The van der Waals surface area contributed by atoms with Crippen LogP contribution in [-0.2, 0) is 25.5 Å². The number of nitrogens with one attached hydrogen (secondary N) is 3. The van der Waals surface area contributed by atoms with Gasteiger partial charge in [-0.1, -0.05) is 58.6 Å². The summed E-state index contributed by atoms with van der Waals surface area (Å²) in [5, 5.41) is 107. The van der Waals surface area contributed by atoms with Crippen LogP contribution < -0.4 is 11.1 Å². The largest absolute Gasteiger partial charge is 0.481 e. The number of aliphatic hydroxyl groups is 8. The fraction of sp³-hybridized carbons (Fsp3) is 0.825. The lowest BCUT2D eigenvalue weighted by molar-refractivity contribution is -0.351. The van der Waals surface area contributed by atoms with Gasteiger partial charge in [0.1, 0.15) is 24.5 Å². The van der Waals surface area contributed by atoms with Gasteiger partial charge >= 0.3 is 5.97 Å². The Bertz CT molecular complexity index is 2390. The Hall–Kier alpha value is -3.34. The van der Waals surface area contributed by atoms with Crippen LogP contribution in [0.25, 0.3) is 0 Å². The third kappa shape index (κ3) is 8.60.